The average Bonchev–Trinajstić information content (AvgIpc) is 2.90. The van der Waals surface area contributed by atoms with Gasteiger partial charge in [-0.3, -0.25) is 0 Å². The molecule has 2 rings (SSSR count). The maximum Gasteiger partial charge on any atom is 0.00471 e. The van der Waals surface area contributed by atoms with Crippen molar-refractivity contribution in [1.29, 1.82) is 0 Å². The topological polar surface area (TPSA) is 12.0 Å². The van der Waals surface area contributed by atoms with Crippen LogP contribution < -0.4 is 5.32 Å². The molecule has 0 amide bonds. The molecule has 0 bridgehead atoms. The third-order valence-electron chi connectivity index (χ3n) is 4.15. The number of hydrogen-bond donors (Lipinski definition) is 1. The number of benzene rings is 1. The molecule has 0 aromatic heterocycles. The molecule has 2 unspecified atom stereocenters. The van der Waals surface area contributed by atoms with Crippen molar-refractivity contribution in [2.24, 2.45) is 5.92 Å². The summed E-state index contributed by atoms with van der Waals surface area (Å²) in [6.07, 6.45) is 2.59. The molecule has 1 aromatic carbocycles. The Morgan fingerprint density at radius 1 is 1.32 bits per heavy atom. The van der Waals surface area contributed by atoms with Crippen molar-refractivity contribution in [1.82, 2.24) is 5.32 Å². The van der Waals surface area contributed by atoms with Crippen LogP contribution in [0.3, 0.4) is 0 Å². The van der Waals surface area contributed by atoms with Crippen molar-refractivity contribution in [2.45, 2.75) is 45.1 Å². The Balaban J connectivity index is 1.81. The van der Waals surface area contributed by atoms with Gasteiger partial charge in [0, 0.05) is 6.04 Å². The van der Waals surface area contributed by atoms with Crippen LogP contribution in [0, 0.1) is 5.92 Å². The van der Waals surface area contributed by atoms with Gasteiger partial charge in [-0.25, -0.2) is 0 Å². The smallest absolute Gasteiger partial charge is 0.00471 e. The molecule has 1 aliphatic heterocycles. The van der Waals surface area contributed by atoms with Gasteiger partial charge in [0.1, 0.15) is 0 Å². The third-order valence-corrected chi connectivity index (χ3v) is 5.38. The zero-order valence-electron chi connectivity index (χ0n) is 12.5. The van der Waals surface area contributed by atoms with Crippen molar-refractivity contribution < 1.29 is 0 Å². The molecule has 0 aliphatic carbocycles. The predicted octanol–water partition coefficient (Wildman–Crippen LogP) is 4.09. The van der Waals surface area contributed by atoms with Crippen molar-refractivity contribution in [2.75, 3.05) is 18.1 Å². The monoisotopic (exact) mass is 277 g/mol. The van der Waals surface area contributed by atoms with Gasteiger partial charge in [0.2, 0.25) is 0 Å². The van der Waals surface area contributed by atoms with Crippen LogP contribution in [0.5, 0.6) is 0 Å². The summed E-state index contributed by atoms with van der Waals surface area (Å²) in [7, 11) is 0. The minimum absolute atomic E-state index is 0.248. The van der Waals surface area contributed by atoms with Gasteiger partial charge in [0.15, 0.2) is 0 Å². The molecule has 2 heteroatoms. The molecule has 1 saturated heterocycles. The van der Waals surface area contributed by atoms with E-state index in [9.17, 15) is 0 Å². The third kappa shape index (κ3) is 4.54. The van der Waals surface area contributed by atoms with Crippen LogP contribution in [0.25, 0.3) is 0 Å². The standard InChI is InChI=1S/C17H27NS/c1-14(18-12-15-9-10-19-13-15)11-17(2,3)16-7-5-4-6-8-16/h4-8,14-15,18H,9-13H2,1-3H3. The number of rotatable bonds is 6. The van der Waals surface area contributed by atoms with Gasteiger partial charge in [0.05, 0.1) is 0 Å². The highest BCUT2D eigenvalue weighted by atomic mass is 32.2. The van der Waals surface area contributed by atoms with E-state index in [2.05, 4.69) is 68.2 Å². The number of nitrogens with one attached hydrogen (secondary N) is 1. The van der Waals surface area contributed by atoms with Crippen LogP contribution in [0.2, 0.25) is 0 Å². The van der Waals surface area contributed by atoms with E-state index in [1.54, 1.807) is 0 Å². The normalized spacial score (nSPS) is 21.5. The summed E-state index contributed by atoms with van der Waals surface area (Å²) in [5, 5.41) is 3.74. The molecule has 1 N–H and O–H groups in total. The molecule has 0 spiro atoms. The fourth-order valence-electron chi connectivity index (χ4n) is 2.96. The zero-order valence-corrected chi connectivity index (χ0v) is 13.3. The minimum atomic E-state index is 0.248. The highest BCUT2D eigenvalue weighted by Gasteiger charge is 2.24. The van der Waals surface area contributed by atoms with Crippen molar-refractivity contribution in [3.8, 4) is 0 Å². The lowest BCUT2D eigenvalue weighted by atomic mass is 9.79. The molecule has 0 radical (unpaired) electrons. The Kier molecular flexibility index (Phi) is 5.35. The van der Waals surface area contributed by atoms with Crippen LogP contribution in [0.15, 0.2) is 30.3 Å². The van der Waals surface area contributed by atoms with E-state index < -0.39 is 0 Å². The summed E-state index contributed by atoms with van der Waals surface area (Å²) in [6, 6.07) is 11.5. The Hall–Kier alpha value is -0.470. The van der Waals surface area contributed by atoms with E-state index in [0.29, 0.717) is 6.04 Å². The molecule has 1 aliphatic rings. The molecular weight excluding hydrogens is 250 g/mol. The summed E-state index contributed by atoms with van der Waals surface area (Å²) in [5.41, 5.74) is 1.69. The maximum absolute atomic E-state index is 3.74. The van der Waals surface area contributed by atoms with E-state index in [4.69, 9.17) is 0 Å². The van der Waals surface area contributed by atoms with Crippen LogP contribution in [0.1, 0.15) is 39.2 Å². The molecule has 1 nitrogen and oxygen atoms in total. The molecule has 106 valence electrons. The molecule has 2 atom stereocenters. The highest BCUT2D eigenvalue weighted by Crippen LogP contribution is 2.28. The second kappa shape index (κ2) is 6.81. The minimum Gasteiger partial charge on any atom is -0.314 e. The van der Waals surface area contributed by atoms with Crippen molar-refractivity contribution >= 4 is 11.8 Å². The molecule has 1 aromatic rings. The van der Waals surface area contributed by atoms with Gasteiger partial charge in [-0.15, -0.1) is 0 Å². The largest absolute Gasteiger partial charge is 0.314 e. The van der Waals surface area contributed by atoms with Crippen molar-refractivity contribution in [3.63, 3.8) is 0 Å². The van der Waals surface area contributed by atoms with Gasteiger partial charge in [0.25, 0.3) is 0 Å². The van der Waals surface area contributed by atoms with E-state index in [0.717, 1.165) is 5.92 Å². The predicted molar refractivity (Wildman–Crippen MR) is 87.0 cm³/mol. The second-order valence-corrected chi connectivity index (χ2v) is 7.64. The van der Waals surface area contributed by atoms with Crippen LogP contribution in [0.4, 0.5) is 0 Å². The SMILES string of the molecule is CC(CC(C)(C)c1ccccc1)NCC1CCSC1. The summed E-state index contributed by atoms with van der Waals surface area (Å²) in [6.45, 7) is 8.23. The first kappa shape index (κ1) is 14.9. The first-order valence-corrected chi connectivity index (χ1v) is 8.60. The summed E-state index contributed by atoms with van der Waals surface area (Å²) in [4.78, 5) is 0. The quantitative estimate of drug-likeness (QED) is 0.840. The molecule has 0 saturated carbocycles. The van der Waals surface area contributed by atoms with Gasteiger partial charge in [-0.05, 0) is 54.7 Å². The Bertz CT molecular complexity index is 368. The van der Waals surface area contributed by atoms with E-state index >= 15 is 0 Å². The van der Waals surface area contributed by atoms with E-state index in [-0.39, 0.29) is 5.41 Å². The average molecular weight is 277 g/mol. The van der Waals surface area contributed by atoms with Crippen LogP contribution >= 0.6 is 11.8 Å². The van der Waals surface area contributed by atoms with E-state index in [1.165, 1.54) is 36.5 Å². The zero-order chi connectivity index (χ0) is 13.7. The first-order valence-electron chi connectivity index (χ1n) is 7.44. The maximum atomic E-state index is 3.74. The lowest BCUT2D eigenvalue weighted by Crippen LogP contribution is -2.36. The highest BCUT2D eigenvalue weighted by molar-refractivity contribution is 7.99. The van der Waals surface area contributed by atoms with Crippen LogP contribution in [-0.2, 0) is 5.41 Å². The Morgan fingerprint density at radius 2 is 2.05 bits per heavy atom. The fourth-order valence-corrected chi connectivity index (χ4v) is 4.24. The van der Waals surface area contributed by atoms with Gasteiger partial charge >= 0.3 is 0 Å². The number of hydrogen-bond acceptors (Lipinski definition) is 2. The van der Waals surface area contributed by atoms with Crippen LogP contribution in [-0.4, -0.2) is 24.1 Å². The van der Waals surface area contributed by atoms with Gasteiger partial charge in [-0.2, -0.15) is 11.8 Å². The van der Waals surface area contributed by atoms with Gasteiger partial charge < -0.3 is 5.32 Å². The lowest BCUT2D eigenvalue weighted by Gasteiger charge is -2.29. The van der Waals surface area contributed by atoms with Gasteiger partial charge in [-0.1, -0.05) is 44.2 Å². The summed E-state index contributed by atoms with van der Waals surface area (Å²) in [5.74, 6) is 3.60. The fraction of sp³-hybridized carbons (Fsp3) is 0.647. The number of thioether (sulfide) groups is 1. The molecule has 1 heterocycles. The lowest BCUT2D eigenvalue weighted by molar-refractivity contribution is 0.371. The Labute approximate surface area is 122 Å². The Morgan fingerprint density at radius 3 is 2.68 bits per heavy atom. The molecule has 19 heavy (non-hydrogen) atoms. The summed E-state index contributed by atoms with van der Waals surface area (Å²) < 4.78 is 0. The van der Waals surface area contributed by atoms with E-state index in [1.807, 2.05) is 0 Å². The van der Waals surface area contributed by atoms with Crippen molar-refractivity contribution in [3.05, 3.63) is 35.9 Å². The molecule has 1 fully saturated rings. The second-order valence-electron chi connectivity index (χ2n) is 6.49. The molecular formula is C17H27NS. The first-order chi connectivity index (χ1) is 9.08. The summed E-state index contributed by atoms with van der Waals surface area (Å²) >= 11 is 2.10.